The van der Waals surface area contributed by atoms with Gasteiger partial charge >= 0.3 is 0 Å². The highest BCUT2D eigenvalue weighted by molar-refractivity contribution is 7.89. The first kappa shape index (κ1) is 17.8. The monoisotopic (exact) mass is 335 g/mol. The quantitative estimate of drug-likeness (QED) is 0.584. The Bertz CT molecular complexity index is 646. The molecule has 0 amide bonds. The van der Waals surface area contributed by atoms with Crippen LogP contribution in [0.5, 0.6) is 0 Å². The van der Waals surface area contributed by atoms with Gasteiger partial charge in [-0.25, -0.2) is 8.42 Å². The Morgan fingerprint density at radius 2 is 1.81 bits per heavy atom. The molecule has 0 saturated heterocycles. The SMILES string of the molecule is Cc1cc(Cl)c([N+](=O)[O-])cc1S(=O)(=O)N(C)CCN(C)C. The van der Waals surface area contributed by atoms with E-state index in [4.69, 9.17) is 11.6 Å². The molecule has 0 unspecified atom stereocenters. The molecule has 0 fully saturated rings. The topological polar surface area (TPSA) is 83.8 Å². The highest BCUT2D eigenvalue weighted by Crippen LogP contribution is 2.31. The Kier molecular flexibility index (Phi) is 5.68. The van der Waals surface area contributed by atoms with Crippen molar-refractivity contribution in [3.63, 3.8) is 0 Å². The summed E-state index contributed by atoms with van der Waals surface area (Å²) in [5.41, 5.74) is -0.0378. The molecule has 0 heterocycles. The van der Waals surface area contributed by atoms with Crippen LogP contribution in [0.3, 0.4) is 0 Å². The van der Waals surface area contributed by atoms with Crippen LogP contribution < -0.4 is 0 Å². The lowest BCUT2D eigenvalue weighted by atomic mass is 10.2. The summed E-state index contributed by atoms with van der Waals surface area (Å²) in [7, 11) is 1.31. The fraction of sp³-hybridized carbons (Fsp3) is 0.500. The van der Waals surface area contributed by atoms with Crippen molar-refractivity contribution in [3.8, 4) is 0 Å². The third-order valence-electron chi connectivity index (χ3n) is 2.99. The lowest BCUT2D eigenvalue weighted by Crippen LogP contribution is -2.33. The van der Waals surface area contributed by atoms with Crippen LogP contribution in [-0.4, -0.2) is 56.8 Å². The average molecular weight is 336 g/mol. The number of sulfonamides is 1. The predicted octanol–water partition coefficient (Wildman–Crippen LogP) is 1.74. The van der Waals surface area contributed by atoms with Crippen molar-refractivity contribution in [2.24, 2.45) is 0 Å². The summed E-state index contributed by atoms with van der Waals surface area (Å²) >= 11 is 5.77. The first-order chi connectivity index (χ1) is 9.57. The molecule has 7 nitrogen and oxygen atoms in total. The van der Waals surface area contributed by atoms with Crippen LogP contribution in [0.4, 0.5) is 5.69 Å². The van der Waals surface area contributed by atoms with Gasteiger partial charge in [0.2, 0.25) is 10.0 Å². The Morgan fingerprint density at radius 3 is 2.29 bits per heavy atom. The van der Waals surface area contributed by atoms with Crippen LogP contribution >= 0.6 is 11.6 Å². The van der Waals surface area contributed by atoms with E-state index in [-0.39, 0.29) is 16.5 Å². The summed E-state index contributed by atoms with van der Waals surface area (Å²) in [5.74, 6) is 0. The number of likely N-dealkylation sites (N-methyl/N-ethyl adjacent to an activating group) is 2. The highest BCUT2D eigenvalue weighted by Gasteiger charge is 2.26. The van der Waals surface area contributed by atoms with E-state index in [1.807, 2.05) is 19.0 Å². The van der Waals surface area contributed by atoms with Crippen LogP contribution in [0.1, 0.15) is 5.56 Å². The van der Waals surface area contributed by atoms with Crippen molar-refractivity contribution in [2.45, 2.75) is 11.8 Å². The van der Waals surface area contributed by atoms with Crippen molar-refractivity contribution >= 4 is 27.3 Å². The maximum Gasteiger partial charge on any atom is 0.289 e. The summed E-state index contributed by atoms with van der Waals surface area (Å²) in [6.45, 7) is 2.39. The third-order valence-corrected chi connectivity index (χ3v) is 5.29. The Balaban J connectivity index is 3.25. The van der Waals surface area contributed by atoms with Crippen molar-refractivity contribution in [3.05, 3.63) is 32.8 Å². The number of hydrogen-bond donors (Lipinski definition) is 0. The van der Waals surface area contributed by atoms with Gasteiger partial charge in [0.15, 0.2) is 0 Å². The van der Waals surface area contributed by atoms with Crippen molar-refractivity contribution in [1.29, 1.82) is 0 Å². The number of nitro benzene ring substituents is 1. The first-order valence-electron chi connectivity index (χ1n) is 6.13. The van der Waals surface area contributed by atoms with Gasteiger partial charge in [-0.1, -0.05) is 11.6 Å². The zero-order valence-corrected chi connectivity index (χ0v) is 13.9. The van der Waals surface area contributed by atoms with Crippen LogP contribution in [-0.2, 0) is 10.0 Å². The van der Waals surface area contributed by atoms with Crippen LogP contribution in [0.2, 0.25) is 5.02 Å². The number of rotatable bonds is 6. The lowest BCUT2D eigenvalue weighted by Gasteiger charge is -2.20. The molecular formula is C12H18ClN3O4S. The van der Waals surface area contributed by atoms with E-state index in [0.717, 1.165) is 6.07 Å². The zero-order valence-electron chi connectivity index (χ0n) is 12.3. The standard InChI is InChI=1S/C12H18ClN3O4S/c1-9-7-10(13)11(16(17)18)8-12(9)21(19,20)15(4)6-5-14(2)3/h7-8H,5-6H2,1-4H3. The van der Waals surface area contributed by atoms with E-state index >= 15 is 0 Å². The molecular weight excluding hydrogens is 318 g/mol. The molecule has 0 aliphatic heterocycles. The van der Waals surface area contributed by atoms with Crippen molar-refractivity contribution < 1.29 is 13.3 Å². The van der Waals surface area contributed by atoms with E-state index in [1.165, 1.54) is 17.4 Å². The van der Waals surface area contributed by atoms with E-state index in [9.17, 15) is 18.5 Å². The molecule has 0 aliphatic rings. The van der Waals surface area contributed by atoms with E-state index in [1.54, 1.807) is 6.92 Å². The normalized spacial score (nSPS) is 12.1. The Hall–Kier alpha value is -1.22. The van der Waals surface area contributed by atoms with Crippen LogP contribution in [0, 0.1) is 17.0 Å². The van der Waals surface area contributed by atoms with Crippen LogP contribution in [0.25, 0.3) is 0 Å². The molecule has 0 atom stereocenters. The number of hydrogen-bond acceptors (Lipinski definition) is 5. The molecule has 0 aromatic heterocycles. The summed E-state index contributed by atoms with van der Waals surface area (Å²) in [4.78, 5) is 12.0. The first-order valence-corrected chi connectivity index (χ1v) is 7.94. The molecule has 0 aliphatic carbocycles. The largest absolute Gasteiger partial charge is 0.308 e. The smallest absolute Gasteiger partial charge is 0.289 e. The van der Waals surface area contributed by atoms with Crippen LogP contribution in [0.15, 0.2) is 17.0 Å². The molecule has 0 N–H and O–H groups in total. The minimum atomic E-state index is -3.79. The molecule has 0 radical (unpaired) electrons. The van der Waals surface area contributed by atoms with Gasteiger partial charge in [0.25, 0.3) is 5.69 Å². The molecule has 118 valence electrons. The maximum atomic E-state index is 12.5. The average Bonchev–Trinajstić information content (AvgIpc) is 2.34. The third kappa shape index (κ3) is 4.13. The second-order valence-corrected chi connectivity index (χ2v) is 7.38. The number of aryl methyl sites for hydroxylation is 1. The predicted molar refractivity (Wildman–Crippen MR) is 81.2 cm³/mol. The minimum absolute atomic E-state index is 0.0765. The number of halogens is 1. The summed E-state index contributed by atoms with van der Waals surface area (Å²) < 4.78 is 26.2. The van der Waals surface area contributed by atoms with Gasteiger partial charge in [-0.05, 0) is 32.6 Å². The molecule has 1 rings (SSSR count). The molecule has 0 saturated carbocycles. The highest BCUT2D eigenvalue weighted by atomic mass is 35.5. The van der Waals surface area contributed by atoms with Crippen molar-refractivity contribution in [2.75, 3.05) is 34.2 Å². The van der Waals surface area contributed by atoms with Gasteiger partial charge in [-0.3, -0.25) is 10.1 Å². The number of nitrogens with zero attached hydrogens (tertiary/aromatic N) is 3. The molecule has 1 aromatic rings. The second-order valence-electron chi connectivity index (χ2n) is 4.96. The van der Waals surface area contributed by atoms with Gasteiger partial charge in [0.1, 0.15) is 5.02 Å². The van der Waals surface area contributed by atoms with E-state index < -0.39 is 20.6 Å². The minimum Gasteiger partial charge on any atom is -0.308 e. The van der Waals surface area contributed by atoms with Gasteiger partial charge in [0.05, 0.1) is 9.82 Å². The zero-order chi connectivity index (χ0) is 16.4. The van der Waals surface area contributed by atoms with Gasteiger partial charge in [-0.15, -0.1) is 0 Å². The summed E-state index contributed by atoms with van der Waals surface area (Å²) in [6, 6.07) is 2.31. The lowest BCUT2D eigenvalue weighted by molar-refractivity contribution is -0.384. The van der Waals surface area contributed by atoms with Gasteiger partial charge in [0, 0.05) is 26.2 Å². The van der Waals surface area contributed by atoms with Gasteiger partial charge < -0.3 is 4.90 Å². The Morgan fingerprint density at radius 1 is 1.24 bits per heavy atom. The second kappa shape index (κ2) is 6.69. The van der Waals surface area contributed by atoms with E-state index in [0.29, 0.717) is 12.1 Å². The van der Waals surface area contributed by atoms with E-state index in [2.05, 4.69) is 0 Å². The fourth-order valence-corrected chi connectivity index (χ4v) is 3.36. The molecule has 9 heteroatoms. The molecule has 21 heavy (non-hydrogen) atoms. The fourth-order valence-electron chi connectivity index (χ4n) is 1.69. The molecule has 0 bridgehead atoms. The summed E-state index contributed by atoms with van der Waals surface area (Å²) in [6.07, 6.45) is 0. The molecule has 1 aromatic carbocycles. The maximum absolute atomic E-state index is 12.5. The summed E-state index contributed by atoms with van der Waals surface area (Å²) in [5, 5.41) is 10.8. The number of nitro groups is 1. The molecule has 0 spiro atoms. The van der Waals surface area contributed by atoms with Crippen molar-refractivity contribution in [1.82, 2.24) is 9.21 Å². The number of benzene rings is 1. The Labute approximate surface area is 129 Å². The van der Waals surface area contributed by atoms with Gasteiger partial charge in [-0.2, -0.15) is 4.31 Å².